The van der Waals surface area contributed by atoms with E-state index in [1.54, 1.807) is 11.0 Å². The van der Waals surface area contributed by atoms with Gasteiger partial charge in [0.2, 0.25) is 15.9 Å². The molecule has 2 aliphatic heterocycles. The standard InChI is InChI=1S/C18H27N3O5S.ClH/c1-2-4-15(19)18(22)20-7-3-8-21(10-9-20)27(23,24)14-5-6-16-17(13-14)26-12-11-25-16;/h5-6,13,15H,2-4,7-12,19H2,1H3;1H. The molecule has 1 aromatic rings. The minimum atomic E-state index is -3.67. The van der Waals surface area contributed by atoms with Gasteiger partial charge in [-0.15, -0.1) is 12.4 Å². The van der Waals surface area contributed by atoms with Crippen molar-refractivity contribution < 1.29 is 22.7 Å². The van der Waals surface area contributed by atoms with Crippen LogP contribution in [0.15, 0.2) is 23.1 Å². The summed E-state index contributed by atoms with van der Waals surface area (Å²) >= 11 is 0. The molecule has 0 aliphatic carbocycles. The number of amides is 1. The molecule has 0 spiro atoms. The molecule has 1 atom stereocenters. The summed E-state index contributed by atoms with van der Waals surface area (Å²) in [5.41, 5.74) is 5.94. The Morgan fingerprint density at radius 2 is 1.86 bits per heavy atom. The highest BCUT2D eigenvalue weighted by atomic mass is 35.5. The van der Waals surface area contributed by atoms with E-state index in [1.807, 2.05) is 6.92 Å². The van der Waals surface area contributed by atoms with Crippen LogP contribution in [0.5, 0.6) is 11.5 Å². The van der Waals surface area contributed by atoms with Crippen LogP contribution in [-0.4, -0.2) is 69.0 Å². The normalized spacial score (nSPS) is 18.7. The van der Waals surface area contributed by atoms with Gasteiger partial charge in [0, 0.05) is 32.2 Å². The zero-order valence-electron chi connectivity index (χ0n) is 16.0. The lowest BCUT2D eigenvalue weighted by atomic mass is 10.1. The fraction of sp³-hybridized carbons (Fsp3) is 0.611. The Bertz CT molecular complexity index is 789. The van der Waals surface area contributed by atoms with Crippen LogP contribution in [0.1, 0.15) is 26.2 Å². The smallest absolute Gasteiger partial charge is 0.243 e. The summed E-state index contributed by atoms with van der Waals surface area (Å²) < 4.78 is 38.5. The lowest BCUT2D eigenvalue weighted by Gasteiger charge is -2.25. The molecule has 2 heterocycles. The molecule has 28 heavy (non-hydrogen) atoms. The number of halogens is 1. The maximum Gasteiger partial charge on any atom is 0.243 e. The Hall–Kier alpha value is -1.55. The molecule has 0 saturated carbocycles. The van der Waals surface area contributed by atoms with E-state index in [2.05, 4.69) is 0 Å². The van der Waals surface area contributed by atoms with Crippen LogP contribution in [0.3, 0.4) is 0 Å². The fourth-order valence-corrected chi connectivity index (χ4v) is 4.84. The van der Waals surface area contributed by atoms with Crippen molar-refractivity contribution in [2.24, 2.45) is 5.73 Å². The summed E-state index contributed by atoms with van der Waals surface area (Å²) in [7, 11) is -3.67. The van der Waals surface area contributed by atoms with Crippen molar-refractivity contribution in [3.8, 4) is 11.5 Å². The maximum atomic E-state index is 13.0. The molecule has 1 unspecified atom stereocenters. The summed E-state index contributed by atoms with van der Waals surface area (Å²) in [6.07, 6.45) is 2.05. The lowest BCUT2D eigenvalue weighted by Crippen LogP contribution is -2.45. The van der Waals surface area contributed by atoms with Crippen molar-refractivity contribution in [3.63, 3.8) is 0 Å². The fourth-order valence-electron chi connectivity index (χ4n) is 3.36. The van der Waals surface area contributed by atoms with E-state index in [-0.39, 0.29) is 29.8 Å². The topological polar surface area (TPSA) is 102 Å². The van der Waals surface area contributed by atoms with E-state index in [4.69, 9.17) is 15.2 Å². The SMILES string of the molecule is CCCC(N)C(=O)N1CCCN(S(=O)(=O)c2ccc3c(c2)OCCO3)CC1.Cl. The van der Waals surface area contributed by atoms with Crippen molar-refractivity contribution in [1.82, 2.24) is 9.21 Å². The largest absolute Gasteiger partial charge is 0.486 e. The Balaban J connectivity index is 0.00000280. The van der Waals surface area contributed by atoms with E-state index in [0.717, 1.165) is 6.42 Å². The Labute approximate surface area is 172 Å². The molecule has 0 radical (unpaired) electrons. The van der Waals surface area contributed by atoms with Gasteiger partial charge < -0.3 is 20.1 Å². The summed E-state index contributed by atoms with van der Waals surface area (Å²) in [6.45, 7) is 4.32. The molecule has 0 bridgehead atoms. The van der Waals surface area contributed by atoms with Gasteiger partial charge in [-0.2, -0.15) is 4.31 Å². The van der Waals surface area contributed by atoms with Gasteiger partial charge in [0.15, 0.2) is 11.5 Å². The first kappa shape index (κ1) is 22.7. The van der Waals surface area contributed by atoms with Crippen molar-refractivity contribution in [3.05, 3.63) is 18.2 Å². The van der Waals surface area contributed by atoms with Crippen LogP contribution in [0.2, 0.25) is 0 Å². The number of nitrogens with two attached hydrogens (primary N) is 1. The Kier molecular flexibility index (Phi) is 7.94. The second-order valence-electron chi connectivity index (χ2n) is 6.78. The third kappa shape index (κ3) is 4.89. The molecule has 8 nitrogen and oxygen atoms in total. The van der Waals surface area contributed by atoms with Gasteiger partial charge in [0.1, 0.15) is 13.2 Å². The van der Waals surface area contributed by atoms with E-state index in [1.165, 1.54) is 16.4 Å². The van der Waals surface area contributed by atoms with Crippen molar-refractivity contribution in [2.75, 3.05) is 39.4 Å². The quantitative estimate of drug-likeness (QED) is 0.749. The van der Waals surface area contributed by atoms with Gasteiger partial charge in [-0.1, -0.05) is 13.3 Å². The molecule has 3 rings (SSSR count). The van der Waals surface area contributed by atoms with E-state index >= 15 is 0 Å². The third-order valence-corrected chi connectivity index (χ3v) is 6.73. The van der Waals surface area contributed by atoms with Crippen LogP contribution < -0.4 is 15.2 Å². The van der Waals surface area contributed by atoms with Crippen LogP contribution in [-0.2, 0) is 14.8 Å². The van der Waals surface area contributed by atoms with Crippen LogP contribution in [0.25, 0.3) is 0 Å². The first-order valence-electron chi connectivity index (χ1n) is 9.37. The minimum absolute atomic E-state index is 0. The van der Waals surface area contributed by atoms with Gasteiger partial charge in [-0.05, 0) is 25.0 Å². The number of sulfonamides is 1. The molecule has 2 aliphatic rings. The first-order chi connectivity index (χ1) is 12.9. The molecule has 1 aromatic carbocycles. The predicted molar refractivity (Wildman–Crippen MR) is 108 cm³/mol. The minimum Gasteiger partial charge on any atom is -0.486 e. The van der Waals surface area contributed by atoms with Crippen LogP contribution in [0, 0.1) is 0 Å². The second kappa shape index (κ2) is 9.78. The number of nitrogens with zero attached hydrogens (tertiary/aromatic N) is 2. The summed E-state index contributed by atoms with van der Waals surface area (Å²) in [5, 5.41) is 0. The Morgan fingerprint density at radius 3 is 2.57 bits per heavy atom. The number of carbonyl (C=O) groups excluding carboxylic acids is 1. The summed E-state index contributed by atoms with van der Waals surface area (Å²) in [6, 6.07) is 4.15. The predicted octanol–water partition coefficient (Wildman–Crippen LogP) is 1.23. The number of benzene rings is 1. The van der Waals surface area contributed by atoms with Gasteiger partial charge in [0.25, 0.3) is 0 Å². The van der Waals surface area contributed by atoms with Gasteiger partial charge in [-0.25, -0.2) is 8.42 Å². The molecule has 1 fully saturated rings. The number of carbonyl (C=O) groups is 1. The molecule has 158 valence electrons. The monoisotopic (exact) mass is 433 g/mol. The highest BCUT2D eigenvalue weighted by molar-refractivity contribution is 7.89. The molecule has 1 amide bonds. The average Bonchev–Trinajstić information content (AvgIpc) is 2.94. The zero-order chi connectivity index (χ0) is 19.4. The molecule has 10 heteroatoms. The van der Waals surface area contributed by atoms with Crippen molar-refractivity contribution in [2.45, 2.75) is 37.1 Å². The number of fused-ring (bicyclic) bond motifs is 1. The lowest BCUT2D eigenvalue weighted by molar-refractivity contribution is -0.132. The first-order valence-corrected chi connectivity index (χ1v) is 10.8. The van der Waals surface area contributed by atoms with Crippen LogP contribution in [0.4, 0.5) is 0 Å². The molecular weight excluding hydrogens is 406 g/mol. The van der Waals surface area contributed by atoms with Gasteiger partial charge >= 0.3 is 0 Å². The number of rotatable bonds is 5. The average molecular weight is 434 g/mol. The highest BCUT2D eigenvalue weighted by Gasteiger charge is 2.30. The number of ether oxygens (including phenoxy) is 2. The molecule has 1 saturated heterocycles. The summed E-state index contributed by atoms with van der Waals surface area (Å²) in [5.74, 6) is 0.896. The van der Waals surface area contributed by atoms with E-state index < -0.39 is 16.1 Å². The Morgan fingerprint density at radius 1 is 1.14 bits per heavy atom. The van der Waals surface area contributed by atoms with Crippen LogP contribution >= 0.6 is 12.4 Å². The van der Waals surface area contributed by atoms with E-state index in [0.29, 0.717) is 57.2 Å². The third-order valence-electron chi connectivity index (χ3n) is 4.83. The van der Waals surface area contributed by atoms with E-state index in [9.17, 15) is 13.2 Å². The zero-order valence-corrected chi connectivity index (χ0v) is 17.6. The maximum absolute atomic E-state index is 13.0. The highest BCUT2D eigenvalue weighted by Crippen LogP contribution is 2.33. The molecule has 0 aromatic heterocycles. The number of hydrogen-bond donors (Lipinski definition) is 1. The second-order valence-corrected chi connectivity index (χ2v) is 8.72. The van der Waals surface area contributed by atoms with Crippen molar-refractivity contribution >= 4 is 28.3 Å². The van der Waals surface area contributed by atoms with Gasteiger partial charge in [0.05, 0.1) is 10.9 Å². The molecule has 2 N–H and O–H groups in total. The van der Waals surface area contributed by atoms with Crippen molar-refractivity contribution in [1.29, 1.82) is 0 Å². The van der Waals surface area contributed by atoms with Gasteiger partial charge in [-0.3, -0.25) is 4.79 Å². The summed E-state index contributed by atoms with van der Waals surface area (Å²) in [4.78, 5) is 14.3. The molecular formula is C18H28ClN3O5S. The number of hydrogen-bond acceptors (Lipinski definition) is 6.